The molecule has 0 N–H and O–H groups in total. The highest BCUT2D eigenvalue weighted by Crippen LogP contribution is 2.20. The van der Waals surface area contributed by atoms with E-state index in [9.17, 15) is 9.59 Å². The van der Waals surface area contributed by atoms with Gasteiger partial charge in [0.05, 0.1) is 0 Å². The Hall–Kier alpha value is -1.12. The van der Waals surface area contributed by atoms with Crippen molar-refractivity contribution < 1.29 is 14.3 Å². The topological polar surface area (TPSA) is 43.4 Å². The molecule has 3 heteroatoms. The Morgan fingerprint density at radius 1 is 1.58 bits per heavy atom. The number of Topliss-reactive ketones (excluding diaryl/α,β-unsaturated/α-hetero) is 1. The third kappa shape index (κ3) is 2.86. The van der Waals surface area contributed by atoms with E-state index in [4.69, 9.17) is 4.74 Å². The number of allylic oxidation sites excluding steroid dienone is 1. The van der Waals surface area contributed by atoms with Crippen molar-refractivity contribution in [1.82, 2.24) is 0 Å². The maximum atomic E-state index is 10.8. The summed E-state index contributed by atoms with van der Waals surface area (Å²) in [5, 5.41) is 0. The number of hydrogen-bond acceptors (Lipinski definition) is 3. The fourth-order valence-electron chi connectivity index (χ4n) is 1.18. The summed E-state index contributed by atoms with van der Waals surface area (Å²) in [5.74, 6) is 0.000230. The van der Waals surface area contributed by atoms with Crippen LogP contribution >= 0.6 is 0 Å². The minimum absolute atomic E-state index is 0.281. The molecule has 0 aromatic rings. The minimum Gasteiger partial charge on any atom is -0.462 e. The van der Waals surface area contributed by atoms with Gasteiger partial charge in [-0.15, -0.1) is 0 Å². The number of hydrogen-bond donors (Lipinski definition) is 0. The average Bonchev–Trinajstić information content (AvgIpc) is 2.35. The van der Waals surface area contributed by atoms with Gasteiger partial charge in [-0.2, -0.15) is 0 Å². The third-order valence-corrected chi connectivity index (χ3v) is 1.81. The molecule has 0 atom stereocenters. The second-order valence-electron chi connectivity index (χ2n) is 2.88. The van der Waals surface area contributed by atoms with E-state index in [1.165, 1.54) is 6.92 Å². The van der Waals surface area contributed by atoms with Crippen molar-refractivity contribution in [1.29, 1.82) is 0 Å². The van der Waals surface area contributed by atoms with E-state index in [-0.39, 0.29) is 11.8 Å². The van der Waals surface area contributed by atoms with Gasteiger partial charge in [0, 0.05) is 19.8 Å². The van der Waals surface area contributed by atoms with Crippen LogP contribution in [0.4, 0.5) is 0 Å². The molecule has 1 rings (SSSR count). The first-order valence-corrected chi connectivity index (χ1v) is 4.01. The summed E-state index contributed by atoms with van der Waals surface area (Å²) >= 11 is 0. The second kappa shape index (κ2) is 4.04. The summed E-state index contributed by atoms with van der Waals surface area (Å²) in [6.45, 7) is 1.68. The van der Waals surface area contributed by atoms with Crippen LogP contribution in [0, 0.1) is 0 Å². The van der Waals surface area contributed by atoms with Crippen molar-refractivity contribution in [3.05, 3.63) is 11.6 Å². The van der Waals surface area contributed by atoms with Crippen molar-refractivity contribution in [2.75, 3.05) is 6.61 Å². The normalized spacial score (nSPS) is 20.1. The molecule has 0 spiro atoms. The molecule has 1 saturated carbocycles. The van der Waals surface area contributed by atoms with Gasteiger partial charge < -0.3 is 4.74 Å². The highest BCUT2D eigenvalue weighted by molar-refractivity contribution is 5.84. The summed E-state index contributed by atoms with van der Waals surface area (Å²) in [4.78, 5) is 21.2. The Balaban J connectivity index is 2.28. The predicted molar refractivity (Wildman–Crippen MR) is 43.6 cm³/mol. The van der Waals surface area contributed by atoms with Gasteiger partial charge in [-0.05, 0) is 12.5 Å². The maximum Gasteiger partial charge on any atom is 0.302 e. The Morgan fingerprint density at radius 3 is 2.83 bits per heavy atom. The van der Waals surface area contributed by atoms with Crippen LogP contribution in [-0.2, 0) is 14.3 Å². The Morgan fingerprint density at radius 2 is 2.33 bits per heavy atom. The van der Waals surface area contributed by atoms with Gasteiger partial charge in [0.2, 0.25) is 0 Å². The highest BCUT2D eigenvalue weighted by atomic mass is 16.5. The maximum absolute atomic E-state index is 10.8. The lowest BCUT2D eigenvalue weighted by atomic mass is 10.2. The van der Waals surface area contributed by atoms with Crippen LogP contribution in [0.3, 0.4) is 0 Å². The second-order valence-corrected chi connectivity index (χ2v) is 2.88. The first kappa shape index (κ1) is 8.97. The van der Waals surface area contributed by atoms with Gasteiger partial charge >= 0.3 is 5.97 Å². The van der Waals surface area contributed by atoms with E-state index in [0.717, 1.165) is 12.0 Å². The Bertz CT molecular complexity index is 228. The van der Waals surface area contributed by atoms with Crippen molar-refractivity contribution in [2.45, 2.75) is 26.2 Å². The third-order valence-electron chi connectivity index (χ3n) is 1.81. The van der Waals surface area contributed by atoms with E-state index in [1.54, 1.807) is 0 Å². The van der Waals surface area contributed by atoms with E-state index in [1.807, 2.05) is 6.08 Å². The van der Waals surface area contributed by atoms with E-state index < -0.39 is 0 Å². The van der Waals surface area contributed by atoms with Gasteiger partial charge in [-0.1, -0.05) is 5.57 Å². The van der Waals surface area contributed by atoms with Crippen LogP contribution in [-0.4, -0.2) is 18.4 Å². The first-order chi connectivity index (χ1) is 5.68. The molecule has 0 bridgehead atoms. The zero-order valence-electron chi connectivity index (χ0n) is 7.13. The fraction of sp³-hybridized carbons (Fsp3) is 0.556. The quantitative estimate of drug-likeness (QED) is 0.460. The average molecular weight is 168 g/mol. The molecular formula is C9H12O3. The van der Waals surface area contributed by atoms with Gasteiger partial charge in [0.15, 0.2) is 0 Å². The van der Waals surface area contributed by atoms with Crippen molar-refractivity contribution in [3.63, 3.8) is 0 Å². The molecule has 0 saturated heterocycles. The Labute approximate surface area is 71.4 Å². The van der Waals surface area contributed by atoms with Gasteiger partial charge in [-0.25, -0.2) is 0 Å². The van der Waals surface area contributed by atoms with Crippen molar-refractivity contribution in [2.24, 2.45) is 0 Å². The van der Waals surface area contributed by atoms with E-state index in [2.05, 4.69) is 0 Å². The molecule has 0 amide bonds. The number of esters is 1. The number of ether oxygens (including phenoxy) is 1. The lowest BCUT2D eigenvalue weighted by Gasteiger charge is -1.96. The van der Waals surface area contributed by atoms with Crippen LogP contribution in [0.2, 0.25) is 0 Å². The van der Waals surface area contributed by atoms with Crippen LogP contribution in [0.5, 0.6) is 0 Å². The predicted octanol–water partition coefficient (Wildman–Crippen LogP) is 1.23. The zero-order chi connectivity index (χ0) is 8.97. The molecule has 0 heterocycles. The van der Waals surface area contributed by atoms with Gasteiger partial charge in [0.25, 0.3) is 0 Å². The van der Waals surface area contributed by atoms with Crippen LogP contribution in [0.1, 0.15) is 26.2 Å². The standard InChI is InChI=1S/C9H12O3/c1-7(10)12-5-4-8-2-3-9(11)6-8/h4H,2-3,5-6H2,1H3/b8-4-. The van der Waals surface area contributed by atoms with Gasteiger partial charge in [-0.3, -0.25) is 9.59 Å². The first-order valence-electron chi connectivity index (χ1n) is 4.01. The van der Waals surface area contributed by atoms with Crippen molar-refractivity contribution in [3.8, 4) is 0 Å². The Kier molecular flexibility index (Phi) is 3.02. The summed E-state index contributed by atoms with van der Waals surface area (Å²) in [7, 11) is 0. The molecule has 0 unspecified atom stereocenters. The van der Waals surface area contributed by atoms with Crippen molar-refractivity contribution >= 4 is 11.8 Å². The van der Waals surface area contributed by atoms with Crippen LogP contribution in [0.15, 0.2) is 11.6 Å². The molecule has 1 aliphatic rings. The SMILES string of the molecule is CC(=O)OC/C=C1/CCC(=O)C1. The summed E-state index contributed by atoms with van der Waals surface area (Å²) in [5.41, 5.74) is 1.10. The van der Waals surface area contributed by atoms with E-state index in [0.29, 0.717) is 19.4 Å². The molecule has 1 aliphatic carbocycles. The molecule has 0 aromatic carbocycles. The lowest BCUT2D eigenvalue weighted by molar-refractivity contribution is -0.139. The monoisotopic (exact) mass is 168 g/mol. The number of ketones is 1. The minimum atomic E-state index is -0.281. The smallest absolute Gasteiger partial charge is 0.302 e. The molecular weight excluding hydrogens is 156 g/mol. The molecule has 0 aliphatic heterocycles. The molecule has 3 nitrogen and oxygen atoms in total. The summed E-state index contributed by atoms with van der Waals surface area (Å²) in [6, 6.07) is 0. The molecule has 0 aromatic heterocycles. The van der Waals surface area contributed by atoms with Crippen LogP contribution < -0.4 is 0 Å². The number of carbonyl (C=O) groups excluding carboxylic acids is 2. The number of rotatable bonds is 2. The summed E-state index contributed by atoms with van der Waals surface area (Å²) in [6.07, 6.45) is 3.85. The zero-order valence-corrected chi connectivity index (χ0v) is 7.13. The molecule has 12 heavy (non-hydrogen) atoms. The largest absolute Gasteiger partial charge is 0.462 e. The fourth-order valence-corrected chi connectivity index (χ4v) is 1.18. The molecule has 1 fully saturated rings. The van der Waals surface area contributed by atoms with Crippen LogP contribution in [0.25, 0.3) is 0 Å². The highest BCUT2D eigenvalue weighted by Gasteiger charge is 2.14. The molecule has 66 valence electrons. The summed E-state index contributed by atoms with van der Waals surface area (Å²) < 4.78 is 4.71. The van der Waals surface area contributed by atoms with E-state index >= 15 is 0 Å². The lowest BCUT2D eigenvalue weighted by Crippen LogP contribution is -1.98. The number of carbonyl (C=O) groups is 2. The van der Waals surface area contributed by atoms with Gasteiger partial charge in [0.1, 0.15) is 12.4 Å². The molecule has 0 radical (unpaired) electrons.